The number of carbonyl (C=O) groups is 2. The number of alkyl halides is 3. The number of aromatic nitrogens is 1. The van der Waals surface area contributed by atoms with E-state index in [4.69, 9.17) is 9.47 Å². The van der Waals surface area contributed by atoms with Crippen LogP contribution in [0.25, 0.3) is 0 Å². The lowest BCUT2D eigenvalue weighted by Gasteiger charge is -2.29. The molecular formula is C29H32F3N3O4. The third-order valence-electron chi connectivity index (χ3n) is 8.60. The van der Waals surface area contributed by atoms with Crippen LogP contribution in [0, 0.1) is 5.92 Å². The summed E-state index contributed by atoms with van der Waals surface area (Å²) in [6.45, 7) is 3.04. The fraction of sp³-hybridized carbons (Fsp3) is 0.552. The van der Waals surface area contributed by atoms with Gasteiger partial charge in [-0.2, -0.15) is 13.2 Å². The van der Waals surface area contributed by atoms with E-state index in [1.54, 1.807) is 6.20 Å². The van der Waals surface area contributed by atoms with Crippen LogP contribution in [-0.2, 0) is 33.3 Å². The lowest BCUT2D eigenvalue weighted by atomic mass is 9.95. The van der Waals surface area contributed by atoms with Gasteiger partial charge in [0.1, 0.15) is 0 Å². The normalized spacial score (nSPS) is 27.2. The van der Waals surface area contributed by atoms with Crippen molar-refractivity contribution in [3.05, 3.63) is 64.5 Å². The third-order valence-corrected chi connectivity index (χ3v) is 8.60. The number of benzene rings is 1. The molecule has 39 heavy (non-hydrogen) atoms. The molecule has 10 heteroatoms. The van der Waals surface area contributed by atoms with Gasteiger partial charge in [-0.05, 0) is 60.6 Å². The van der Waals surface area contributed by atoms with Gasteiger partial charge in [0.25, 0.3) is 5.91 Å². The summed E-state index contributed by atoms with van der Waals surface area (Å²) in [5.41, 5.74) is 2.13. The highest BCUT2D eigenvalue weighted by Gasteiger charge is 2.41. The van der Waals surface area contributed by atoms with Crippen LogP contribution < -0.4 is 0 Å². The van der Waals surface area contributed by atoms with Crippen LogP contribution in [0.4, 0.5) is 13.2 Å². The molecule has 2 aromatic rings. The van der Waals surface area contributed by atoms with E-state index in [2.05, 4.69) is 9.88 Å². The predicted octanol–water partition coefficient (Wildman–Crippen LogP) is 3.85. The summed E-state index contributed by atoms with van der Waals surface area (Å²) in [5.74, 6) is -0.651. The number of fused-ring (bicyclic) bond motifs is 2. The standard InChI is InChI=1S/C29H32F3N3O4/c30-29(31,32)21-3-1-18-6-9-34(28(37)25(18)12-21)15-23(36)11-20-14-35(22-7-10-38-17-22)16-27(20)39-26-4-2-19-13-33-8-5-24(19)26/h1,3,5,8,12-13,20,22,26-27H,2,4,6-7,9-11,14-17H2/t20?,22?,26?,27-/m0/s1. The van der Waals surface area contributed by atoms with Crippen LogP contribution in [0.1, 0.15) is 58.0 Å². The van der Waals surface area contributed by atoms with Crippen LogP contribution in [0.3, 0.4) is 0 Å². The van der Waals surface area contributed by atoms with E-state index in [1.165, 1.54) is 16.5 Å². The number of rotatable bonds is 7. The minimum absolute atomic E-state index is 0.0339. The van der Waals surface area contributed by atoms with Gasteiger partial charge in [0.2, 0.25) is 0 Å². The molecule has 0 bridgehead atoms. The number of nitrogens with zero attached hydrogens (tertiary/aromatic N) is 3. The Kier molecular flexibility index (Phi) is 7.20. The first-order valence-corrected chi connectivity index (χ1v) is 13.7. The molecule has 1 aliphatic carbocycles. The number of pyridine rings is 1. The van der Waals surface area contributed by atoms with Gasteiger partial charge in [0.05, 0.1) is 30.9 Å². The van der Waals surface area contributed by atoms with E-state index in [-0.39, 0.29) is 42.4 Å². The van der Waals surface area contributed by atoms with Crippen molar-refractivity contribution in [1.82, 2.24) is 14.8 Å². The molecule has 0 radical (unpaired) electrons. The highest BCUT2D eigenvalue weighted by Crippen LogP contribution is 2.38. The molecule has 4 heterocycles. The van der Waals surface area contributed by atoms with Gasteiger partial charge in [0, 0.05) is 62.6 Å². The summed E-state index contributed by atoms with van der Waals surface area (Å²) in [6.07, 6.45) is 2.40. The molecule has 3 unspecified atom stereocenters. The number of aryl methyl sites for hydroxylation is 1. The second-order valence-corrected chi connectivity index (χ2v) is 11.1. The molecule has 2 fully saturated rings. The number of ether oxygens (including phenoxy) is 2. The SMILES string of the molecule is O=C(CC1CN(C2CCOC2)C[C@@H]1OC1CCc2cnccc21)CN1CCc2ccc(C(F)(F)F)cc2C1=O. The number of carbonyl (C=O) groups excluding carboxylic acids is 2. The van der Waals surface area contributed by atoms with Gasteiger partial charge in [-0.25, -0.2) is 0 Å². The van der Waals surface area contributed by atoms with Gasteiger partial charge in [-0.1, -0.05) is 6.07 Å². The molecule has 2 saturated heterocycles. The first kappa shape index (κ1) is 26.4. The van der Waals surface area contributed by atoms with E-state index in [1.807, 2.05) is 12.3 Å². The molecule has 0 N–H and O–H groups in total. The lowest BCUT2D eigenvalue weighted by molar-refractivity contribution is -0.137. The minimum atomic E-state index is -4.53. The van der Waals surface area contributed by atoms with E-state index in [9.17, 15) is 22.8 Å². The van der Waals surface area contributed by atoms with Crippen molar-refractivity contribution in [2.45, 2.75) is 56.5 Å². The Morgan fingerprint density at radius 3 is 2.79 bits per heavy atom. The van der Waals surface area contributed by atoms with Crippen LogP contribution in [0.2, 0.25) is 0 Å². The van der Waals surface area contributed by atoms with E-state index >= 15 is 0 Å². The highest BCUT2D eigenvalue weighted by atomic mass is 19.4. The molecule has 0 saturated carbocycles. The monoisotopic (exact) mass is 543 g/mol. The minimum Gasteiger partial charge on any atom is -0.380 e. The molecule has 4 aliphatic rings. The fourth-order valence-electron chi connectivity index (χ4n) is 6.51. The van der Waals surface area contributed by atoms with Gasteiger partial charge in [-0.3, -0.25) is 19.5 Å². The van der Waals surface area contributed by atoms with Crippen molar-refractivity contribution >= 4 is 11.7 Å². The number of amides is 1. The largest absolute Gasteiger partial charge is 0.416 e. The second kappa shape index (κ2) is 10.6. The molecule has 4 atom stereocenters. The van der Waals surface area contributed by atoms with Crippen molar-refractivity contribution in [3.8, 4) is 0 Å². The summed E-state index contributed by atoms with van der Waals surface area (Å²) >= 11 is 0. The van der Waals surface area contributed by atoms with Crippen LogP contribution >= 0.6 is 0 Å². The highest BCUT2D eigenvalue weighted by molar-refractivity contribution is 5.99. The first-order chi connectivity index (χ1) is 18.8. The maximum absolute atomic E-state index is 13.3. The van der Waals surface area contributed by atoms with Crippen molar-refractivity contribution in [1.29, 1.82) is 0 Å². The summed E-state index contributed by atoms with van der Waals surface area (Å²) in [5, 5.41) is 0. The summed E-state index contributed by atoms with van der Waals surface area (Å²) in [7, 11) is 0. The third kappa shape index (κ3) is 5.47. The summed E-state index contributed by atoms with van der Waals surface area (Å²) in [4.78, 5) is 34.3. The zero-order valence-electron chi connectivity index (χ0n) is 21.7. The average Bonchev–Trinajstić information content (AvgIpc) is 3.66. The number of ketones is 1. The molecular weight excluding hydrogens is 511 g/mol. The number of Topliss-reactive ketones (excluding diaryl/α,β-unsaturated/α-hetero) is 1. The molecule has 1 amide bonds. The molecule has 6 rings (SSSR count). The van der Waals surface area contributed by atoms with Crippen molar-refractivity contribution in [2.75, 3.05) is 39.4 Å². The van der Waals surface area contributed by atoms with Gasteiger partial charge in [0.15, 0.2) is 5.78 Å². The first-order valence-electron chi connectivity index (χ1n) is 13.7. The summed E-state index contributed by atoms with van der Waals surface area (Å²) in [6, 6.07) is 5.60. The zero-order chi connectivity index (χ0) is 27.1. The second-order valence-electron chi connectivity index (χ2n) is 11.1. The van der Waals surface area contributed by atoms with Gasteiger partial charge >= 0.3 is 6.18 Å². The van der Waals surface area contributed by atoms with Crippen molar-refractivity contribution in [3.63, 3.8) is 0 Å². The Morgan fingerprint density at radius 2 is 2.00 bits per heavy atom. The Morgan fingerprint density at radius 1 is 1.13 bits per heavy atom. The quantitative estimate of drug-likeness (QED) is 0.529. The van der Waals surface area contributed by atoms with E-state index in [0.717, 1.165) is 50.1 Å². The van der Waals surface area contributed by atoms with Crippen LogP contribution in [0.15, 0.2) is 36.7 Å². The number of likely N-dealkylation sites (tertiary alicyclic amines) is 1. The molecule has 208 valence electrons. The predicted molar refractivity (Wildman–Crippen MR) is 135 cm³/mol. The van der Waals surface area contributed by atoms with Gasteiger partial charge in [-0.15, -0.1) is 0 Å². The molecule has 7 nitrogen and oxygen atoms in total. The van der Waals surface area contributed by atoms with E-state index < -0.39 is 17.6 Å². The average molecular weight is 544 g/mol. The number of hydrogen-bond acceptors (Lipinski definition) is 6. The Labute approximate surface area is 225 Å². The molecule has 1 aromatic carbocycles. The number of halogens is 3. The smallest absolute Gasteiger partial charge is 0.380 e. The maximum Gasteiger partial charge on any atom is 0.416 e. The summed E-state index contributed by atoms with van der Waals surface area (Å²) < 4.78 is 51.9. The molecule has 3 aliphatic heterocycles. The zero-order valence-corrected chi connectivity index (χ0v) is 21.7. The van der Waals surface area contributed by atoms with E-state index in [0.29, 0.717) is 37.7 Å². The Bertz CT molecular complexity index is 1250. The Balaban J connectivity index is 1.13. The van der Waals surface area contributed by atoms with Crippen molar-refractivity contribution in [2.24, 2.45) is 5.92 Å². The van der Waals surface area contributed by atoms with Crippen LogP contribution in [0.5, 0.6) is 0 Å². The molecule has 0 spiro atoms. The fourth-order valence-corrected chi connectivity index (χ4v) is 6.51. The lowest BCUT2D eigenvalue weighted by Crippen LogP contribution is -2.41. The maximum atomic E-state index is 13.3. The van der Waals surface area contributed by atoms with Crippen molar-refractivity contribution < 1.29 is 32.2 Å². The number of hydrogen-bond donors (Lipinski definition) is 0. The van der Waals surface area contributed by atoms with Gasteiger partial charge < -0.3 is 14.4 Å². The van der Waals surface area contributed by atoms with Crippen LogP contribution in [-0.4, -0.2) is 78.0 Å². The topological polar surface area (TPSA) is 72.0 Å². The molecule has 1 aromatic heterocycles. The Hall–Kier alpha value is -2.82.